The summed E-state index contributed by atoms with van der Waals surface area (Å²) in [5.74, 6) is 1.25. The van der Waals surface area contributed by atoms with Crippen molar-refractivity contribution in [2.45, 2.75) is 53.0 Å². The van der Waals surface area contributed by atoms with Gasteiger partial charge in [-0.15, -0.1) is 0 Å². The van der Waals surface area contributed by atoms with Crippen LogP contribution in [0.25, 0.3) is 11.1 Å². The number of hydrogen-bond acceptors (Lipinski definition) is 6. The third-order valence-electron chi connectivity index (χ3n) is 5.61. The Morgan fingerprint density at radius 2 is 1.89 bits per heavy atom. The maximum atomic E-state index is 12.8. The summed E-state index contributed by atoms with van der Waals surface area (Å²) in [6, 6.07) is 13.1. The van der Waals surface area contributed by atoms with Crippen molar-refractivity contribution in [3.05, 3.63) is 71.8 Å². The van der Waals surface area contributed by atoms with E-state index in [2.05, 4.69) is 39.6 Å². The lowest BCUT2D eigenvalue weighted by Crippen LogP contribution is -2.34. The van der Waals surface area contributed by atoms with Crippen LogP contribution in [0.3, 0.4) is 0 Å². The number of aliphatic hydroxyl groups is 1. The molecule has 0 aliphatic rings. The SMILES string of the molecule is CC(C)Cc1cc(-c2ccccc2)c(N(C(=O)OCCO)S(=O)[O-])cc1Cn1ccnc1C(C)(C)C. The zero-order valence-electron chi connectivity index (χ0n) is 21.4. The largest absolute Gasteiger partial charge is 0.755 e. The standard InChI is InChI=1S/C27H35N3O5S/c1-19(2)15-21-16-23(20-9-7-6-8-10-20)24(30(36(33)34)26(32)35-14-13-31)17-22(21)18-29-12-11-28-25(29)27(3,4)5/h6-12,16-17,19,31H,13-15,18H2,1-5H3,(H,33,34)/p-1. The highest BCUT2D eigenvalue weighted by Gasteiger charge is 2.26. The fourth-order valence-corrected chi connectivity index (χ4v) is 4.65. The Kier molecular flexibility index (Phi) is 9.05. The summed E-state index contributed by atoms with van der Waals surface area (Å²) < 4.78 is 32.3. The molecule has 0 bridgehead atoms. The number of hydrogen-bond donors (Lipinski definition) is 1. The molecule has 0 fully saturated rings. The lowest BCUT2D eigenvalue weighted by atomic mass is 9.91. The number of nitrogens with zero attached hydrogens (tertiary/aromatic N) is 3. The molecule has 1 aromatic heterocycles. The molecular formula is C27H34N3O5S-. The average molecular weight is 513 g/mol. The molecule has 2 aromatic carbocycles. The van der Waals surface area contributed by atoms with Gasteiger partial charge in [-0.25, -0.2) is 14.1 Å². The van der Waals surface area contributed by atoms with Crippen molar-refractivity contribution in [3.8, 4) is 11.1 Å². The van der Waals surface area contributed by atoms with Crippen LogP contribution < -0.4 is 4.31 Å². The second kappa shape index (κ2) is 11.8. The molecule has 1 N–H and O–H groups in total. The van der Waals surface area contributed by atoms with Gasteiger partial charge in [-0.1, -0.05) is 65.0 Å². The summed E-state index contributed by atoms with van der Waals surface area (Å²) >= 11 is -2.95. The number of carbonyl (C=O) groups is 1. The molecule has 0 aliphatic carbocycles. The first-order chi connectivity index (χ1) is 17.0. The highest BCUT2D eigenvalue weighted by Crippen LogP contribution is 2.36. The Morgan fingerprint density at radius 1 is 1.19 bits per heavy atom. The first-order valence-corrected chi connectivity index (χ1v) is 13.0. The highest BCUT2D eigenvalue weighted by molar-refractivity contribution is 7.81. The van der Waals surface area contributed by atoms with Gasteiger partial charge < -0.3 is 19.0 Å². The molecule has 1 atom stereocenters. The van der Waals surface area contributed by atoms with Gasteiger partial charge in [0.1, 0.15) is 12.4 Å². The molecule has 3 aromatic rings. The molecule has 9 heteroatoms. The van der Waals surface area contributed by atoms with Crippen LogP contribution in [-0.4, -0.2) is 42.7 Å². The lowest BCUT2D eigenvalue weighted by Gasteiger charge is -2.28. The number of benzene rings is 2. The van der Waals surface area contributed by atoms with E-state index in [1.807, 2.05) is 47.2 Å². The summed E-state index contributed by atoms with van der Waals surface area (Å²) in [6.45, 7) is 10.3. The van der Waals surface area contributed by atoms with Gasteiger partial charge in [0.25, 0.3) is 0 Å². The maximum Gasteiger partial charge on any atom is 0.425 e. The number of carbonyl (C=O) groups excluding carboxylic acids is 1. The van der Waals surface area contributed by atoms with Crippen molar-refractivity contribution in [1.82, 2.24) is 9.55 Å². The lowest BCUT2D eigenvalue weighted by molar-refractivity contribution is 0.128. The minimum Gasteiger partial charge on any atom is -0.755 e. The minimum absolute atomic E-state index is 0.189. The molecule has 1 amide bonds. The number of imidazole rings is 1. The Hall–Kier alpha value is -3.01. The molecule has 8 nitrogen and oxygen atoms in total. The fraction of sp³-hybridized carbons (Fsp3) is 0.407. The molecule has 0 aliphatic heterocycles. The average Bonchev–Trinajstić information content (AvgIpc) is 3.28. The van der Waals surface area contributed by atoms with Crippen LogP contribution in [-0.2, 0) is 34.4 Å². The number of rotatable bonds is 9. The molecule has 3 rings (SSSR count). The summed E-state index contributed by atoms with van der Waals surface area (Å²) in [5.41, 5.74) is 3.31. The van der Waals surface area contributed by atoms with Crippen molar-refractivity contribution >= 4 is 23.0 Å². The van der Waals surface area contributed by atoms with Crippen LogP contribution in [0.5, 0.6) is 0 Å². The molecule has 36 heavy (non-hydrogen) atoms. The van der Waals surface area contributed by atoms with Gasteiger partial charge in [0.15, 0.2) is 0 Å². The topological polar surface area (TPSA) is 108 Å². The van der Waals surface area contributed by atoms with Crippen LogP contribution in [0.4, 0.5) is 10.5 Å². The van der Waals surface area contributed by atoms with E-state index in [0.717, 1.165) is 28.9 Å². The summed E-state index contributed by atoms with van der Waals surface area (Å²) in [5, 5.41) is 9.08. The second-order valence-corrected chi connectivity index (χ2v) is 10.9. The zero-order chi connectivity index (χ0) is 26.5. The predicted octanol–water partition coefficient (Wildman–Crippen LogP) is 4.82. The van der Waals surface area contributed by atoms with E-state index in [9.17, 15) is 13.6 Å². The smallest absolute Gasteiger partial charge is 0.425 e. The second-order valence-electron chi connectivity index (χ2n) is 10.1. The number of amides is 1. The molecule has 0 saturated carbocycles. The van der Waals surface area contributed by atoms with Gasteiger partial charge in [-0.05, 0) is 41.2 Å². The van der Waals surface area contributed by atoms with Gasteiger partial charge in [0.2, 0.25) is 0 Å². The van der Waals surface area contributed by atoms with Gasteiger partial charge >= 0.3 is 6.09 Å². The van der Waals surface area contributed by atoms with E-state index < -0.39 is 24.0 Å². The minimum atomic E-state index is -2.95. The number of ether oxygens (including phenoxy) is 1. The number of aliphatic hydroxyl groups excluding tert-OH is 1. The molecule has 0 saturated heterocycles. The highest BCUT2D eigenvalue weighted by atomic mass is 32.2. The van der Waals surface area contributed by atoms with Crippen LogP contribution in [0.1, 0.15) is 51.6 Å². The molecule has 0 spiro atoms. The predicted molar refractivity (Wildman–Crippen MR) is 140 cm³/mol. The van der Waals surface area contributed by atoms with Crippen molar-refractivity contribution < 1.29 is 23.4 Å². The molecule has 1 heterocycles. The zero-order valence-corrected chi connectivity index (χ0v) is 22.2. The Balaban J connectivity index is 2.25. The molecular weight excluding hydrogens is 478 g/mol. The van der Waals surface area contributed by atoms with Crippen LogP contribution >= 0.6 is 0 Å². The normalized spacial score (nSPS) is 12.6. The van der Waals surface area contributed by atoms with Crippen molar-refractivity contribution in [3.63, 3.8) is 0 Å². The third-order valence-corrected chi connectivity index (χ3v) is 6.25. The van der Waals surface area contributed by atoms with E-state index in [-0.39, 0.29) is 17.7 Å². The van der Waals surface area contributed by atoms with Gasteiger partial charge in [-0.3, -0.25) is 4.21 Å². The van der Waals surface area contributed by atoms with E-state index in [1.54, 1.807) is 12.3 Å². The van der Waals surface area contributed by atoms with E-state index in [1.165, 1.54) is 0 Å². The Labute approximate surface area is 215 Å². The maximum absolute atomic E-state index is 12.8. The van der Waals surface area contributed by atoms with Gasteiger partial charge in [0, 0.05) is 29.9 Å². The number of aromatic nitrogens is 2. The van der Waals surface area contributed by atoms with E-state index in [4.69, 9.17) is 9.84 Å². The Morgan fingerprint density at radius 3 is 2.47 bits per heavy atom. The number of anilines is 1. The van der Waals surface area contributed by atoms with Crippen molar-refractivity contribution in [2.24, 2.45) is 5.92 Å². The van der Waals surface area contributed by atoms with Crippen molar-refractivity contribution in [1.29, 1.82) is 0 Å². The molecule has 1 unspecified atom stereocenters. The molecule has 0 radical (unpaired) electrons. The summed E-state index contributed by atoms with van der Waals surface area (Å²) in [7, 11) is 0. The quantitative estimate of drug-likeness (QED) is 0.412. The summed E-state index contributed by atoms with van der Waals surface area (Å²) in [6.07, 6.45) is 3.36. The van der Waals surface area contributed by atoms with Crippen LogP contribution in [0, 0.1) is 5.92 Å². The fourth-order valence-electron chi connectivity index (χ4n) is 4.17. The third kappa shape index (κ3) is 6.60. The Bertz CT molecular complexity index is 1200. The monoisotopic (exact) mass is 512 g/mol. The summed E-state index contributed by atoms with van der Waals surface area (Å²) in [4.78, 5) is 17.3. The van der Waals surface area contributed by atoms with E-state index >= 15 is 0 Å². The first-order valence-electron chi connectivity index (χ1n) is 11.9. The van der Waals surface area contributed by atoms with Crippen molar-refractivity contribution in [2.75, 3.05) is 17.5 Å². The van der Waals surface area contributed by atoms with Crippen LogP contribution in [0.2, 0.25) is 0 Å². The first kappa shape index (κ1) is 27.6. The van der Waals surface area contributed by atoms with Gasteiger partial charge in [-0.2, -0.15) is 0 Å². The van der Waals surface area contributed by atoms with E-state index in [0.29, 0.717) is 22.3 Å². The van der Waals surface area contributed by atoms with Gasteiger partial charge in [0.05, 0.1) is 23.6 Å². The molecule has 194 valence electrons. The van der Waals surface area contributed by atoms with Crippen LogP contribution in [0.15, 0.2) is 54.9 Å².